The van der Waals surface area contributed by atoms with Crippen LogP contribution < -0.4 is 0 Å². The van der Waals surface area contributed by atoms with Crippen LogP contribution in [0.5, 0.6) is 0 Å². The van der Waals surface area contributed by atoms with E-state index in [-0.39, 0.29) is 10.3 Å². The fourth-order valence-electron chi connectivity index (χ4n) is 1.56. The van der Waals surface area contributed by atoms with Gasteiger partial charge in [0.15, 0.2) is 0 Å². The van der Waals surface area contributed by atoms with Crippen molar-refractivity contribution in [2.45, 2.75) is 11.0 Å². The molecule has 2 aromatic rings. The summed E-state index contributed by atoms with van der Waals surface area (Å²) in [4.78, 5) is 8.72. The molecular weight excluding hydrogens is 291 g/mol. The molecule has 1 aromatic heterocycles. The summed E-state index contributed by atoms with van der Waals surface area (Å²) in [5.74, 6) is 0. The average molecular weight is 301 g/mol. The molecule has 0 spiro atoms. The molecule has 0 radical (unpaired) electrons. The first-order valence-electron chi connectivity index (χ1n) is 5.11. The summed E-state index contributed by atoms with van der Waals surface area (Å²) in [6.45, 7) is 0. The molecule has 0 fully saturated rings. The molecule has 1 aromatic carbocycles. The van der Waals surface area contributed by atoms with Gasteiger partial charge in [0, 0.05) is 4.90 Å². The minimum Gasteiger partial charge on any atom is -0.383 e. The molecule has 0 aliphatic rings. The number of hydrogen-bond acceptors (Lipinski definition) is 4. The van der Waals surface area contributed by atoms with Crippen molar-refractivity contribution in [3.05, 3.63) is 52.0 Å². The Morgan fingerprint density at radius 1 is 1.22 bits per heavy atom. The highest BCUT2D eigenvalue weighted by molar-refractivity contribution is 7.98. The second kappa shape index (κ2) is 5.89. The van der Waals surface area contributed by atoms with Crippen molar-refractivity contribution in [3.63, 3.8) is 0 Å². The first kappa shape index (κ1) is 13.6. The Bertz CT molecular complexity index is 545. The maximum absolute atomic E-state index is 10.3. The first-order valence-corrected chi connectivity index (χ1v) is 7.09. The Morgan fingerprint density at radius 2 is 1.89 bits per heavy atom. The maximum atomic E-state index is 10.3. The Morgan fingerprint density at radius 3 is 2.50 bits per heavy atom. The van der Waals surface area contributed by atoms with Gasteiger partial charge in [-0.1, -0.05) is 35.3 Å². The SMILES string of the molecule is CSc1cccc(C(O)c2c(Cl)ncnc2Cl)c1. The van der Waals surface area contributed by atoms with Crippen molar-refractivity contribution in [2.75, 3.05) is 6.26 Å². The number of halogens is 2. The van der Waals surface area contributed by atoms with E-state index in [0.717, 1.165) is 4.90 Å². The number of thioether (sulfide) groups is 1. The quantitative estimate of drug-likeness (QED) is 0.695. The molecule has 0 amide bonds. The highest BCUT2D eigenvalue weighted by Gasteiger charge is 2.19. The second-order valence-electron chi connectivity index (χ2n) is 3.55. The monoisotopic (exact) mass is 300 g/mol. The van der Waals surface area contributed by atoms with Crippen LogP contribution in [0.4, 0.5) is 0 Å². The van der Waals surface area contributed by atoms with Crippen molar-refractivity contribution in [2.24, 2.45) is 0 Å². The summed E-state index contributed by atoms with van der Waals surface area (Å²) in [5.41, 5.74) is 1.04. The summed E-state index contributed by atoms with van der Waals surface area (Å²) in [5, 5.41) is 10.6. The molecule has 6 heteroatoms. The Balaban J connectivity index is 2.44. The van der Waals surface area contributed by atoms with Crippen LogP contribution in [0.3, 0.4) is 0 Å². The van der Waals surface area contributed by atoms with E-state index in [1.807, 2.05) is 30.5 Å². The normalized spacial score (nSPS) is 12.4. The molecule has 1 heterocycles. The van der Waals surface area contributed by atoms with Crippen molar-refractivity contribution in [1.29, 1.82) is 0 Å². The molecule has 2 rings (SSSR count). The van der Waals surface area contributed by atoms with Gasteiger partial charge in [-0.2, -0.15) is 0 Å². The highest BCUT2D eigenvalue weighted by Crippen LogP contribution is 2.32. The predicted molar refractivity (Wildman–Crippen MR) is 74.3 cm³/mol. The lowest BCUT2D eigenvalue weighted by Crippen LogP contribution is -2.04. The van der Waals surface area contributed by atoms with Gasteiger partial charge in [-0.05, 0) is 24.0 Å². The number of aliphatic hydroxyl groups excluding tert-OH is 1. The molecule has 0 saturated heterocycles. The van der Waals surface area contributed by atoms with Crippen molar-refractivity contribution in [1.82, 2.24) is 9.97 Å². The zero-order valence-electron chi connectivity index (χ0n) is 9.47. The van der Waals surface area contributed by atoms with E-state index in [1.54, 1.807) is 11.8 Å². The van der Waals surface area contributed by atoms with Crippen molar-refractivity contribution < 1.29 is 5.11 Å². The minimum absolute atomic E-state index is 0.164. The summed E-state index contributed by atoms with van der Waals surface area (Å²) in [7, 11) is 0. The standard InChI is InChI=1S/C12H10Cl2N2OS/c1-18-8-4-2-3-7(5-8)10(17)9-11(13)15-6-16-12(9)14/h2-6,10,17H,1H3. The average Bonchev–Trinajstić information content (AvgIpc) is 2.38. The fraction of sp³-hybridized carbons (Fsp3) is 0.167. The number of rotatable bonds is 3. The molecule has 0 aliphatic heterocycles. The molecule has 18 heavy (non-hydrogen) atoms. The van der Waals surface area contributed by atoms with Crippen LogP contribution in [0.2, 0.25) is 10.3 Å². The van der Waals surface area contributed by atoms with Crippen LogP contribution >= 0.6 is 35.0 Å². The van der Waals surface area contributed by atoms with Crippen LogP contribution in [0.15, 0.2) is 35.5 Å². The molecule has 1 atom stereocenters. The summed E-state index contributed by atoms with van der Waals surface area (Å²) >= 11 is 13.5. The third kappa shape index (κ3) is 2.78. The number of aromatic nitrogens is 2. The van der Waals surface area contributed by atoms with Crippen LogP contribution in [0.25, 0.3) is 0 Å². The summed E-state index contributed by atoms with van der Waals surface area (Å²) in [6.07, 6.45) is 2.30. The van der Waals surface area contributed by atoms with Crippen molar-refractivity contribution >= 4 is 35.0 Å². The Labute approximate surface area is 119 Å². The van der Waals surface area contributed by atoms with E-state index in [1.165, 1.54) is 6.33 Å². The van der Waals surface area contributed by atoms with Gasteiger partial charge in [-0.25, -0.2) is 9.97 Å². The lowest BCUT2D eigenvalue weighted by atomic mass is 10.0. The molecular formula is C12H10Cl2N2OS. The number of hydrogen-bond donors (Lipinski definition) is 1. The van der Waals surface area contributed by atoms with Crippen molar-refractivity contribution in [3.8, 4) is 0 Å². The lowest BCUT2D eigenvalue weighted by Gasteiger charge is -2.14. The van der Waals surface area contributed by atoms with E-state index in [2.05, 4.69) is 9.97 Å². The van der Waals surface area contributed by atoms with Gasteiger partial charge in [0.2, 0.25) is 0 Å². The van der Waals surface area contributed by atoms with Gasteiger partial charge >= 0.3 is 0 Å². The van der Waals surface area contributed by atoms with E-state index in [9.17, 15) is 5.11 Å². The van der Waals surface area contributed by atoms with Gasteiger partial charge in [-0.15, -0.1) is 11.8 Å². The third-order valence-electron chi connectivity index (χ3n) is 2.47. The van der Waals surface area contributed by atoms with Crippen LogP contribution in [-0.2, 0) is 0 Å². The van der Waals surface area contributed by atoms with E-state index in [4.69, 9.17) is 23.2 Å². The first-order chi connectivity index (χ1) is 8.63. The zero-order valence-corrected chi connectivity index (χ0v) is 11.8. The van der Waals surface area contributed by atoms with E-state index >= 15 is 0 Å². The van der Waals surface area contributed by atoms with Crippen LogP contribution in [0, 0.1) is 0 Å². The molecule has 0 aliphatic carbocycles. The predicted octanol–water partition coefficient (Wildman–Crippen LogP) is 3.59. The number of nitrogens with zero attached hydrogens (tertiary/aromatic N) is 2. The van der Waals surface area contributed by atoms with Gasteiger partial charge in [0.05, 0.1) is 5.56 Å². The molecule has 1 N–H and O–H groups in total. The molecule has 3 nitrogen and oxygen atoms in total. The second-order valence-corrected chi connectivity index (χ2v) is 5.14. The number of aliphatic hydroxyl groups is 1. The minimum atomic E-state index is -0.932. The highest BCUT2D eigenvalue weighted by atomic mass is 35.5. The topological polar surface area (TPSA) is 46.0 Å². The Hall–Kier alpha value is -0.810. The van der Waals surface area contributed by atoms with E-state index < -0.39 is 6.10 Å². The van der Waals surface area contributed by atoms with E-state index in [0.29, 0.717) is 11.1 Å². The fourth-order valence-corrected chi connectivity index (χ4v) is 2.55. The van der Waals surface area contributed by atoms with Gasteiger partial charge in [0.25, 0.3) is 0 Å². The molecule has 94 valence electrons. The maximum Gasteiger partial charge on any atom is 0.140 e. The summed E-state index contributed by atoms with van der Waals surface area (Å²) < 4.78 is 0. The molecule has 0 saturated carbocycles. The van der Waals surface area contributed by atoms with Gasteiger partial charge < -0.3 is 5.11 Å². The molecule has 1 unspecified atom stereocenters. The Kier molecular flexibility index (Phi) is 4.45. The third-order valence-corrected chi connectivity index (χ3v) is 3.80. The largest absolute Gasteiger partial charge is 0.383 e. The zero-order chi connectivity index (χ0) is 13.1. The lowest BCUT2D eigenvalue weighted by molar-refractivity contribution is 0.219. The van der Waals surface area contributed by atoms with Crippen LogP contribution in [0.1, 0.15) is 17.2 Å². The summed E-state index contributed by atoms with van der Waals surface area (Å²) in [6, 6.07) is 7.53. The number of benzene rings is 1. The van der Waals surface area contributed by atoms with Gasteiger partial charge in [0.1, 0.15) is 22.7 Å². The van der Waals surface area contributed by atoms with Crippen LogP contribution in [-0.4, -0.2) is 21.3 Å². The molecule has 0 bridgehead atoms. The smallest absolute Gasteiger partial charge is 0.140 e. The van der Waals surface area contributed by atoms with Gasteiger partial charge in [-0.3, -0.25) is 0 Å².